The molecule has 20 heavy (non-hydrogen) atoms. The van der Waals surface area contributed by atoms with E-state index in [2.05, 4.69) is 10.4 Å². The number of ether oxygens (including phenoxy) is 2. The Balaban J connectivity index is 2.18. The zero-order valence-corrected chi connectivity index (χ0v) is 12.8. The number of amides is 1. The summed E-state index contributed by atoms with van der Waals surface area (Å²) < 4.78 is 13.3. The van der Waals surface area contributed by atoms with Crippen molar-refractivity contribution in [1.29, 1.82) is 0 Å². The Labute approximate surface area is 121 Å². The molecule has 6 nitrogen and oxygen atoms in total. The molecule has 106 valence electrons. The first-order valence-corrected chi connectivity index (χ1v) is 6.82. The van der Waals surface area contributed by atoms with Crippen LogP contribution in [0.1, 0.15) is 20.3 Å². The second-order valence-corrected chi connectivity index (χ2v) is 6.74. The van der Waals surface area contributed by atoms with Gasteiger partial charge < -0.3 is 14.8 Å². The van der Waals surface area contributed by atoms with Crippen LogP contribution in [0.2, 0.25) is 0 Å². The summed E-state index contributed by atoms with van der Waals surface area (Å²) in [5.74, 6) is 0.443. The molecule has 0 aliphatic carbocycles. The van der Waals surface area contributed by atoms with Crippen LogP contribution in [0.5, 0.6) is 5.88 Å². The second kappa shape index (κ2) is 5.20. The van der Waals surface area contributed by atoms with E-state index in [4.69, 9.17) is 9.47 Å². The first-order chi connectivity index (χ1) is 9.21. The van der Waals surface area contributed by atoms with Crippen molar-refractivity contribution in [3.63, 3.8) is 0 Å². The highest BCUT2D eigenvalue weighted by atomic mass is 16.6. The van der Waals surface area contributed by atoms with Gasteiger partial charge in [0.1, 0.15) is 35.3 Å². The van der Waals surface area contributed by atoms with Gasteiger partial charge in [0, 0.05) is 6.42 Å². The van der Waals surface area contributed by atoms with Gasteiger partial charge in [0.2, 0.25) is 6.41 Å². The molecule has 1 amide bonds. The maximum atomic E-state index is 10.7. The van der Waals surface area contributed by atoms with Crippen molar-refractivity contribution < 1.29 is 14.3 Å². The van der Waals surface area contributed by atoms with E-state index in [1.807, 2.05) is 37.4 Å². The molecule has 1 aliphatic heterocycles. The van der Waals surface area contributed by atoms with Crippen LogP contribution in [-0.4, -0.2) is 58.0 Å². The highest BCUT2D eigenvalue weighted by Gasteiger charge is 2.34. The average molecular weight is 275 g/mol. The largest absolute Gasteiger partial charge is 0.469 e. The van der Waals surface area contributed by atoms with Crippen LogP contribution in [0.15, 0.2) is 6.20 Å². The highest BCUT2D eigenvalue weighted by Crippen LogP contribution is 2.30. The molecule has 2 rings (SSSR count). The third kappa shape index (κ3) is 3.39. The third-order valence-corrected chi connectivity index (χ3v) is 3.24. The van der Waals surface area contributed by atoms with E-state index in [0.29, 0.717) is 24.6 Å². The molecule has 1 saturated heterocycles. The lowest BCUT2D eigenvalue weighted by molar-refractivity contribution is -0.105. The lowest BCUT2D eigenvalue weighted by Crippen LogP contribution is -2.35. The summed E-state index contributed by atoms with van der Waals surface area (Å²) in [7, 11) is 6.11. The minimum absolute atomic E-state index is 0.0412. The summed E-state index contributed by atoms with van der Waals surface area (Å²) in [6.07, 6.45) is 3.17. The molecule has 0 saturated carbocycles. The van der Waals surface area contributed by atoms with Gasteiger partial charge in [0.25, 0.3) is 5.88 Å². The van der Waals surface area contributed by atoms with Gasteiger partial charge in [0.15, 0.2) is 0 Å². The molecule has 0 aromatic carbocycles. The first kappa shape index (κ1) is 15.0. The Morgan fingerprint density at radius 1 is 1.60 bits per heavy atom. The first-order valence-electron chi connectivity index (χ1n) is 6.82. The lowest BCUT2D eigenvalue weighted by atomic mass is 9.49. The standard InChI is InChI=1S/C11H20B3N3O3/c1-10(2)3-7(5-19-10)20-9-8(15-6-18)4-17(16-9)11(12,13)14/h4,6-7H,3,5,12-14H2,1-2H3,(H,15,18). The fourth-order valence-corrected chi connectivity index (χ4v) is 2.17. The molecule has 1 atom stereocenters. The lowest BCUT2D eigenvalue weighted by Gasteiger charge is -2.18. The number of carbonyl (C=O) groups is 1. The van der Waals surface area contributed by atoms with Gasteiger partial charge in [-0.3, -0.25) is 9.48 Å². The van der Waals surface area contributed by atoms with Crippen LogP contribution in [0.4, 0.5) is 5.69 Å². The second-order valence-electron chi connectivity index (χ2n) is 6.74. The molecule has 0 spiro atoms. The van der Waals surface area contributed by atoms with Crippen LogP contribution in [0.25, 0.3) is 0 Å². The normalized spacial score (nSPS) is 21.6. The maximum absolute atomic E-state index is 10.7. The predicted molar refractivity (Wildman–Crippen MR) is 84.6 cm³/mol. The molecule has 1 aliphatic rings. The van der Waals surface area contributed by atoms with Crippen LogP contribution in [0.3, 0.4) is 0 Å². The van der Waals surface area contributed by atoms with Crippen LogP contribution < -0.4 is 10.1 Å². The molecule has 9 heteroatoms. The molecule has 1 aromatic heterocycles. The number of hydrogen-bond donors (Lipinski definition) is 1. The van der Waals surface area contributed by atoms with E-state index in [-0.39, 0.29) is 16.9 Å². The number of nitrogens with one attached hydrogen (secondary N) is 1. The maximum Gasteiger partial charge on any atom is 0.257 e. The average Bonchev–Trinajstić information content (AvgIpc) is 2.84. The Morgan fingerprint density at radius 3 is 2.80 bits per heavy atom. The minimum atomic E-state index is -0.174. The van der Waals surface area contributed by atoms with E-state index in [1.54, 1.807) is 10.9 Å². The molecule has 1 unspecified atom stereocenters. The molecule has 1 N–H and O–H groups in total. The van der Waals surface area contributed by atoms with Crippen molar-refractivity contribution in [2.75, 3.05) is 11.9 Å². The van der Waals surface area contributed by atoms with E-state index in [9.17, 15) is 4.79 Å². The molecular formula is C11H20B3N3O3. The number of rotatable bonds is 5. The van der Waals surface area contributed by atoms with E-state index >= 15 is 0 Å². The summed E-state index contributed by atoms with van der Waals surface area (Å²) in [6.45, 7) is 4.61. The zero-order chi connectivity index (χ0) is 15.0. The summed E-state index contributed by atoms with van der Waals surface area (Å²) in [5.41, 5.74) is 0.412. The fraction of sp³-hybridized carbons (Fsp3) is 0.636. The molecular weight excluding hydrogens is 255 g/mol. The molecule has 0 radical (unpaired) electrons. The zero-order valence-electron chi connectivity index (χ0n) is 12.8. The monoisotopic (exact) mass is 275 g/mol. The smallest absolute Gasteiger partial charge is 0.257 e. The van der Waals surface area contributed by atoms with E-state index in [1.165, 1.54) is 0 Å². The van der Waals surface area contributed by atoms with Gasteiger partial charge in [-0.05, 0) is 19.1 Å². The van der Waals surface area contributed by atoms with Crippen molar-refractivity contribution in [2.24, 2.45) is 0 Å². The van der Waals surface area contributed by atoms with Crippen molar-refractivity contribution in [3.05, 3.63) is 6.20 Å². The molecule has 2 heterocycles. The SMILES string of the molecule is BC(B)(B)n1cc(NC=O)c(OC2COC(C)(C)C2)n1. The summed E-state index contributed by atoms with van der Waals surface area (Å²) >= 11 is 0. The van der Waals surface area contributed by atoms with E-state index in [0.717, 1.165) is 6.42 Å². The van der Waals surface area contributed by atoms with Crippen molar-refractivity contribution >= 4 is 35.6 Å². The van der Waals surface area contributed by atoms with Crippen LogP contribution in [-0.2, 0) is 14.8 Å². The number of nitrogens with zero attached hydrogens (tertiary/aromatic N) is 2. The Morgan fingerprint density at radius 2 is 2.30 bits per heavy atom. The number of anilines is 1. The van der Waals surface area contributed by atoms with Crippen molar-refractivity contribution in [3.8, 4) is 5.88 Å². The van der Waals surface area contributed by atoms with Gasteiger partial charge in [-0.25, -0.2) is 0 Å². The predicted octanol–water partition coefficient (Wildman–Crippen LogP) is -2.14. The summed E-state index contributed by atoms with van der Waals surface area (Å²) in [4.78, 5) is 10.7. The van der Waals surface area contributed by atoms with Gasteiger partial charge in [-0.15, -0.1) is 5.10 Å². The van der Waals surface area contributed by atoms with Crippen molar-refractivity contribution in [2.45, 2.75) is 37.2 Å². The Hall–Kier alpha value is -1.37. The van der Waals surface area contributed by atoms with Crippen LogP contribution >= 0.6 is 0 Å². The van der Waals surface area contributed by atoms with Gasteiger partial charge >= 0.3 is 0 Å². The number of hydrogen-bond acceptors (Lipinski definition) is 4. The number of aromatic nitrogens is 2. The molecule has 1 aromatic rings. The van der Waals surface area contributed by atoms with Gasteiger partial charge in [-0.1, -0.05) is 0 Å². The summed E-state index contributed by atoms with van der Waals surface area (Å²) in [5, 5.41) is 6.89. The van der Waals surface area contributed by atoms with Crippen molar-refractivity contribution in [1.82, 2.24) is 9.78 Å². The highest BCUT2D eigenvalue weighted by molar-refractivity contribution is 6.56. The molecule has 1 fully saturated rings. The number of carbonyl (C=O) groups excluding carboxylic acids is 1. The Bertz CT molecular complexity index is 499. The summed E-state index contributed by atoms with van der Waals surface area (Å²) in [6, 6.07) is 0. The van der Waals surface area contributed by atoms with Gasteiger partial charge in [-0.2, -0.15) is 0 Å². The third-order valence-electron chi connectivity index (χ3n) is 3.24. The van der Waals surface area contributed by atoms with E-state index < -0.39 is 0 Å². The minimum Gasteiger partial charge on any atom is -0.469 e. The van der Waals surface area contributed by atoms with Gasteiger partial charge in [0.05, 0.1) is 18.4 Å². The quantitative estimate of drug-likeness (QED) is 0.492. The Kier molecular flexibility index (Phi) is 3.91. The topological polar surface area (TPSA) is 65.4 Å². The molecule has 0 bridgehead atoms. The van der Waals surface area contributed by atoms with Crippen LogP contribution in [0, 0.1) is 0 Å². The fourth-order valence-electron chi connectivity index (χ4n) is 2.17.